The first-order valence-corrected chi connectivity index (χ1v) is 6.69. The number of imide groups is 1. The molecule has 1 aromatic carbocycles. The van der Waals surface area contributed by atoms with Gasteiger partial charge in [0.2, 0.25) is 17.7 Å². The fourth-order valence-corrected chi connectivity index (χ4v) is 2.27. The minimum absolute atomic E-state index is 0.144. The fourth-order valence-electron chi connectivity index (χ4n) is 2.27. The van der Waals surface area contributed by atoms with Crippen LogP contribution in [0.5, 0.6) is 0 Å². The van der Waals surface area contributed by atoms with Gasteiger partial charge in [-0.15, -0.1) is 0 Å². The van der Waals surface area contributed by atoms with Crippen molar-refractivity contribution < 1.29 is 14.4 Å². The molecule has 112 valence electrons. The van der Waals surface area contributed by atoms with Crippen molar-refractivity contribution in [1.82, 2.24) is 4.90 Å². The molecule has 1 aliphatic rings. The molecule has 0 bridgehead atoms. The van der Waals surface area contributed by atoms with Gasteiger partial charge in [-0.2, -0.15) is 0 Å². The van der Waals surface area contributed by atoms with Crippen LogP contribution in [-0.2, 0) is 14.4 Å². The van der Waals surface area contributed by atoms with Crippen molar-refractivity contribution in [2.24, 2.45) is 5.41 Å². The molecular weight excluding hydrogens is 270 g/mol. The Morgan fingerprint density at radius 1 is 1.29 bits per heavy atom. The molecule has 0 spiro atoms. The maximum absolute atomic E-state index is 12.2. The lowest BCUT2D eigenvalue weighted by molar-refractivity contribution is -0.143. The molecule has 21 heavy (non-hydrogen) atoms. The highest BCUT2D eigenvalue weighted by molar-refractivity contribution is 6.09. The third-order valence-electron chi connectivity index (χ3n) is 3.67. The van der Waals surface area contributed by atoms with E-state index in [0.717, 1.165) is 4.90 Å². The van der Waals surface area contributed by atoms with E-state index in [-0.39, 0.29) is 30.7 Å². The Hall–Kier alpha value is -2.37. The predicted octanol–water partition coefficient (Wildman–Crippen LogP) is 1.02. The smallest absolute Gasteiger partial charge is 0.246 e. The van der Waals surface area contributed by atoms with Gasteiger partial charge in [0.25, 0.3) is 0 Å². The fraction of sp³-hybridized carbons (Fsp3) is 0.400. The van der Waals surface area contributed by atoms with Crippen molar-refractivity contribution in [3.63, 3.8) is 0 Å². The lowest BCUT2D eigenvalue weighted by Crippen LogP contribution is -2.42. The maximum Gasteiger partial charge on any atom is 0.246 e. The summed E-state index contributed by atoms with van der Waals surface area (Å²) in [6, 6.07) is 6.80. The SMILES string of the molecule is CN(C(=O)CN1C(=O)CC(C)(C)C1=O)c1ccc(N)cc1. The van der Waals surface area contributed by atoms with Gasteiger partial charge in [-0.25, -0.2) is 0 Å². The summed E-state index contributed by atoms with van der Waals surface area (Å²) >= 11 is 0. The Morgan fingerprint density at radius 2 is 1.86 bits per heavy atom. The molecule has 0 saturated carbocycles. The number of anilines is 2. The molecule has 1 heterocycles. The van der Waals surface area contributed by atoms with Gasteiger partial charge < -0.3 is 10.6 Å². The number of nitrogens with zero attached hydrogens (tertiary/aromatic N) is 2. The number of likely N-dealkylation sites (N-methyl/N-ethyl adjacent to an activating group) is 1. The third-order valence-corrected chi connectivity index (χ3v) is 3.67. The van der Waals surface area contributed by atoms with Gasteiger partial charge in [-0.05, 0) is 24.3 Å². The van der Waals surface area contributed by atoms with Gasteiger partial charge in [-0.3, -0.25) is 19.3 Å². The average molecular weight is 289 g/mol. The van der Waals surface area contributed by atoms with Crippen molar-refractivity contribution in [3.8, 4) is 0 Å². The number of rotatable bonds is 3. The summed E-state index contributed by atoms with van der Waals surface area (Å²) in [5.41, 5.74) is 6.14. The van der Waals surface area contributed by atoms with Crippen LogP contribution >= 0.6 is 0 Å². The molecule has 2 N–H and O–H groups in total. The van der Waals surface area contributed by atoms with Crippen LogP contribution in [-0.4, -0.2) is 36.2 Å². The van der Waals surface area contributed by atoms with Crippen molar-refractivity contribution in [2.75, 3.05) is 24.2 Å². The summed E-state index contributed by atoms with van der Waals surface area (Å²) in [7, 11) is 1.60. The van der Waals surface area contributed by atoms with E-state index in [1.165, 1.54) is 4.90 Å². The topological polar surface area (TPSA) is 83.7 Å². The van der Waals surface area contributed by atoms with Crippen molar-refractivity contribution in [1.29, 1.82) is 0 Å². The average Bonchev–Trinajstić information content (AvgIpc) is 2.61. The quantitative estimate of drug-likeness (QED) is 0.665. The zero-order valence-electron chi connectivity index (χ0n) is 12.4. The van der Waals surface area contributed by atoms with Crippen molar-refractivity contribution in [3.05, 3.63) is 24.3 Å². The maximum atomic E-state index is 12.2. The van der Waals surface area contributed by atoms with Crippen molar-refractivity contribution in [2.45, 2.75) is 20.3 Å². The van der Waals surface area contributed by atoms with E-state index >= 15 is 0 Å². The Bertz CT molecular complexity index is 593. The number of carbonyl (C=O) groups excluding carboxylic acids is 3. The summed E-state index contributed by atoms with van der Waals surface area (Å²) < 4.78 is 0. The summed E-state index contributed by atoms with van der Waals surface area (Å²) in [6.45, 7) is 3.19. The number of carbonyl (C=O) groups is 3. The lowest BCUT2D eigenvalue weighted by Gasteiger charge is -2.22. The zero-order chi connectivity index (χ0) is 15.8. The highest BCUT2D eigenvalue weighted by atomic mass is 16.2. The summed E-state index contributed by atoms with van der Waals surface area (Å²) in [6.07, 6.45) is 0.144. The van der Waals surface area contributed by atoms with Gasteiger partial charge in [0, 0.05) is 24.8 Å². The molecule has 6 nitrogen and oxygen atoms in total. The second kappa shape index (κ2) is 5.20. The van der Waals surface area contributed by atoms with Crippen LogP contribution in [0.15, 0.2) is 24.3 Å². The first kappa shape index (κ1) is 15.0. The third kappa shape index (κ3) is 2.89. The first-order valence-electron chi connectivity index (χ1n) is 6.69. The Balaban J connectivity index is 2.09. The second-order valence-electron chi connectivity index (χ2n) is 5.89. The summed E-state index contributed by atoms with van der Waals surface area (Å²) in [5, 5.41) is 0. The first-order chi connectivity index (χ1) is 9.72. The highest BCUT2D eigenvalue weighted by Crippen LogP contribution is 2.31. The van der Waals surface area contributed by atoms with Crippen LogP contribution in [0.4, 0.5) is 11.4 Å². The van der Waals surface area contributed by atoms with Crippen LogP contribution in [0.2, 0.25) is 0 Å². The van der Waals surface area contributed by atoms with E-state index in [9.17, 15) is 14.4 Å². The van der Waals surface area contributed by atoms with Crippen LogP contribution in [0, 0.1) is 5.41 Å². The molecule has 6 heteroatoms. The van der Waals surface area contributed by atoms with E-state index in [0.29, 0.717) is 11.4 Å². The normalized spacial score (nSPS) is 17.2. The van der Waals surface area contributed by atoms with E-state index in [2.05, 4.69) is 0 Å². The van der Waals surface area contributed by atoms with Gasteiger partial charge in [0.15, 0.2) is 0 Å². The number of hydrogen-bond acceptors (Lipinski definition) is 4. The number of likely N-dealkylation sites (tertiary alicyclic amines) is 1. The molecule has 3 amide bonds. The standard InChI is InChI=1S/C15H19N3O3/c1-15(2)8-12(19)18(14(15)21)9-13(20)17(3)11-6-4-10(16)5-7-11/h4-7H,8-9,16H2,1-3H3. The molecule has 2 rings (SSSR count). The lowest BCUT2D eigenvalue weighted by atomic mass is 9.92. The molecule has 1 aliphatic heterocycles. The summed E-state index contributed by atoms with van der Waals surface area (Å²) in [5.74, 6) is -0.921. The van der Waals surface area contributed by atoms with Crippen LogP contribution < -0.4 is 10.6 Å². The number of nitrogen functional groups attached to an aromatic ring is 1. The van der Waals surface area contributed by atoms with Gasteiger partial charge in [0.1, 0.15) is 6.54 Å². The monoisotopic (exact) mass is 289 g/mol. The van der Waals surface area contributed by atoms with Gasteiger partial charge in [-0.1, -0.05) is 13.8 Å². The molecule has 0 aromatic heterocycles. The van der Waals surface area contributed by atoms with Crippen LogP contribution in [0.3, 0.4) is 0 Å². The number of amides is 3. The molecule has 0 radical (unpaired) electrons. The van der Waals surface area contributed by atoms with E-state index in [1.54, 1.807) is 45.2 Å². The van der Waals surface area contributed by atoms with E-state index in [4.69, 9.17) is 5.73 Å². The Morgan fingerprint density at radius 3 is 2.33 bits per heavy atom. The minimum atomic E-state index is -0.725. The molecule has 0 atom stereocenters. The number of hydrogen-bond donors (Lipinski definition) is 1. The number of nitrogens with two attached hydrogens (primary N) is 1. The van der Waals surface area contributed by atoms with Crippen LogP contribution in [0.1, 0.15) is 20.3 Å². The molecule has 0 unspecified atom stereocenters. The van der Waals surface area contributed by atoms with Gasteiger partial charge >= 0.3 is 0 Å². The predicted molar refractivity (Wildman–Crippen MR) is 79.4 cm³/mol. The molecule has 1 fully saturated rings. The second-order valence-corrected chi connectivity index (χ2v) is 5.89. The zero-order valence-corrected chi connectivity index (χ0v) is 12.4. The highest BCUT2D eigenvalue weighted by Gasteiger charge is 2.45. The Kier molecular flexibility index (Phi) is 3.72. The van der Waals surface area contributed by atoms with E-state index < -0.39 is 5.41 Å². The van der Waals surface area contributed by atoms with Crippen molar-refractivity contribution >= 4 is 29.1 Å². The van der Waals surface area contributed by atoms with E-state index in [1.807, 2.05) is 0 Å². The molecule has 1 saturated heterocycles. The summed E-state index contributed by atoms with van der Waals surface area (Å²) in [4.78, 5) is 38.6. The molecule has 0 aliphatic carbocycles. The largest absolute Gasteiger partial charge is 0.399 e. The molecule has 1 aromatic rings. The minimum Gasteiger partial charge on any atom is -0.399 e. The number of benzene rings is 1. The van der Waals surface area contributed by atoms with Gasteiger partial charge in [0.05, 0.1) is 5.41 Å². The Labute approximate surface area is 123 Å². The van der Waals surface area contributed by atoms with Crippen LogP contribution in [0.25, 0.3) is 0 Å². The molecular formula is C15H19N3O3.